The third-order valence-electron chi connectivity index (χ3n) is 4.30. The fraction of sp³-hybridized carbons (Fsp3) is 0.263. The fourth-order valence-corrected chi connectivity index (χ4v) is 2.82. The van der Waals surface area contributed by atoms with E-state index < -0.39 is 0 Å². The van der Waals surface area contributed by atoms with Crippen LogP contribution in [-0.4, -0.2) is 45.0 Å². The first-order valence-corrected chi connectivity index (χ1v) is 8.82. The molecule has 28 heavy (non-hydrogen) atoms. The number of rotatable bonds is 6. The molecule has 1 aliphatic rings. The largest absolute Gasteiger partial charge is 0.472 e. The summed E-state index contributed by atoms with van der Waals surface area (Å²) < 4.78 is 25.7. The molecule has 1 aromatic carbocycles. The second kappa shape index (κ2) is 8.13. The minimum atomic E-state index is -0.327. The number of nitrogens with zero attached hydrogens (tertiary/aromatic N) is 4. The highest BCUT2D eigenvalue weighted by atomic mass is 19.1. The van der Waals surface area contributed by atoms with Crippen LogP contribution in [0.15, 0.2) is 48.9 Å². The molecule has 0 spiro atoms. The van der Waals surface area contributed by atoms with Crippen LogP contribution in [0.4, 0.5) is 4.39 Å². The number of aromatic nitrogens is 4. The molecule has 1 unspecified atom stereocenters. The highest BCUT2D eigenvalue weighted by Gasteiger charge is 2.18. The van der Waals surface area contributed by atoms with Crippen molar-refractivity contribution in [3.8, 4) is 11.6 Å². The predicted octanol–water partition coefficient (Wildman–Crippen LogP) is 1.90. The van der Waals surface area contributed by atoms with E-state index in [9.17, 15) is 9.18 Å². The minimum absolute atomic E-state index is 0.00463. The van der Waals surface area contributed by atoms with E-state index in [4.69, 9.17) is 9.47 Å². The standard InChI is InChI=1S/C19H18FN5O3/c20-14-2-4-15(5-3-14)25-12-23-24-17(25)10-22-19(26)13-1-6-18(21-9-13)28-16-7-8-27-11-16/h1-6,9,12,16H,7-8,10-11H2,(H,22,26). The molecule has 144 valence electrons. The lowest BCUT2D eigenvalue weighted by Gasteiger charge is -2.11. The number of pyridine rings is 1. The predicted molar refractivity (Wildman–Crippen MR) is 96.6 cm³/mol. The molecule has 1 saturated heterocycles. The van der Waals surface area contributed by atoms with Crippen LogP contribution in [-0.2, 0) is 11.3 Å². The van der Waals surface area contributed by atoms with Crippen LogP contribution in [0.2, 0.25) is 0 Å². The van der Waals surface area contributed by atoms with Gasteiger partial charge in [0.1, 0.15) is 18.2 Å². The number of hydrogen-bond acceptors (Lipinski definition) is 6. The molecular weight excluding hydrogens is 365 g/mol. The number of hydrogen-bond donors (Lipinski definition) is 1. The summed E-state index contributed by atoms with van der Waals surface area (Å²) in [6.45, 7) is 1.40. The summed E-state index contributed by atoms with van der Waals surface area (Å²) in [5.74, 6) is 0.362. The molecule has 0 saturated carbocycles. The van der Waals surface area contributed by atoms with Crippen molar-refractivity contribution >= 4 is 5.91 Å². The van der Waals surface area contributed by atoms with Crippen LogP contribution in [0.3, 0.4) is 0 Å². The van der Waals surface area contributed by atoms with Gasteiger partial charge in [0.05, 0.1) is 25.3 Å². The molecular formula is C19H18FN5O3. The Morgan fingerprint density at radius 3 is 2.86 bits per heavy atom. The average molecular weight is 383 g/mol. The van der Waals surface area contributed by atoms with Gasteiger partial charge in [-0.2, -0.15) is 0 Å². The third-order valence-corrected chi connectivity index (χ3v) is 4.30. The summed E-state index contributed by atoms with van der Waals surface area (Å²) in [4.78, 5) is 16.5. The van der Waals surface area contributed by atoms with Gasteiger partial charge in [-0.3, -0.25) is 9.36 Å². The van der Waals surface area contributed by atoms with Crippen LogP contribution in [0.1, 0.15) is 22.6 Å². The van der Waals surface area contributed by atoms with Crippen molar-refractivity contribution in [2.75, 3.05) is 13.2 Å². The van der Waals surface area contributed by atoms with Crippen molar-refractivity contribution in [3.63, 3.8) is 0 Å². The SMILES string of the molecule is O=C(NCc1nncn1-c1ccc(F)cc1)c1ccc(OC2CCOC2)nc1. The molecule has 8 nitrogen and oxygen atoms in total. The summed E-state index contributed by atoms with van der Waals surface area (Å²) in [6, 6.07) is 9.24. The first-order chi connectivity index (χ1) is 13.7. The lowest BCUT2D eigenvalue weighted by molar-refractivity contribution is 0.0949. The Morgan fingerprint density at radius 1 is 1.29 bits per heavy atom. The molecule has 3 heterocycles. The van der Waals surface area contributed by atoms with Crippen LogP contribution in [0, 0.1) is 5.82 Å². The number of ether oxygens (including phenoxy) is 2. The average Bonchev–Trinajstić information content (AvgIpc) is 3.39. The molecule has 0 bridgehead atoms. The quantitative estimate of drug-likeness (QED) is 0.699. The lowest BCUT2D eigenvalue weighted by Crippen LogP contribution is -2.24. The molecule has 1 N–H and O–H groups in total. The lowest BCUT2D eigenvalue weighted by atomic mass is 10.2. The van der Waals surface area contributed by atoms with Gasteiger partial charge < -0.3 is 14.8 Å². The van der Waals surface area contributed by atoms with Gasteiger partial charge in [0.2, 0.25) is 5.88 Å². The van der Waals surface area contributed by atoms with Crippen molar-refractivity contribution in [2.45, 2.75) is 19.1 Å². The van der Waals surface area contributed by atoms with Gasteiger partial charge in [0.25, 0.3) is 5.91 Å². The first-order valence-electron chi connectivity index (χ1n) is 8.82. The fourth-order valence-electron chi connectivity index (χ4n) is 2.82. The summed E-state index contributed by atoms with van der Waals surface area (Å²) in [7, 11) is 0. The maximum Gasteiger partial charge on any atom is 0.253 e. The molecule has 0 aliphatic carbocycles. The molecule has 1 aliphatic heterocycles. The van der Waals surface area contributed by atoms with Crippen molar-refractivity contribution in [1.29, 1.82) is 0 Å². The maximum absolute atomic E-state index is 13.1. The maximum atomic E-state index is 13.1. The molecule has 2 aromatic heterocycles. The van der Waals surface area contributed by atoms with Gasteiger partial charge in [-0.05, 0) is 30.3 Å². The summed E-state index contributed by atoms with van der Waals surface area (Å²) in [6.07, 6.45) is 3.81. The second-order valence-corrected chi connectivity index (χ2v) is 6.26. The van der Waals surface area contributed by atoms with Gasteiger partial charge in [0.15, 0.2) is 5.82 Å². The van der Waals surface area contributed by atoms with Gasteiger partial charge in [-0.1, -0.05) is 0 Å². The number of halogens is 1. The number of carbonyl (C=O) groups is 1. The summed E-state index contributed by atoms with van der Waals surface area (Å²) in [5, 5.41) is 10.6. The van der Waals surface area contributed by atoms with E-state index in [1.54, 1.807) is 28.8 Å². The van der Waals surface area contributed by atoms with E-state index in [1.807, 2.05) is 0 Å². The second-order valence-electron chi connectivity index (χ2n) is 6.26. The van der Waals surface area contributed by atoms with Crippen molar-refractivity contribution in [3.05, 3.63) is 66.1 Å². The van der Waals surface area contributed by atoms with E-state index in [2.05, 4.69) is 20.5 Å². The van der Waals surface area contributed by atoms with E-state index in [0.717, 1.165) is 6.42 Å². The van der Waals surface area contributed by atoms with E-state index in [0.29, 0.717) is 36.2 Å². The van der Waals surface area contributed by atoms with Gasteiger partial charge in [0, 0.05) is 24.4 Å². The molecule has 1 atom stereocenters. The van der Waals surface area contributed by atoms with Gasteiger partial charge >= 0.3 is 0 Å². The zero-order chi connectivity index (χ0) is 19.3. The Bertz CT molecular complexity index is 937. The molecule has 4 rings (SSSR count). The van der Waals surface area contributed by atoms with Gasteiger partial charge in [-0.15, -0.1) is 10.2 Å². The van der Waals surface area contributed by atoms with Crippen LogP contribution in [0.25, 0.3) is 5.69 Å². The normalized spacial score (nSPS) is 16.1. The zero-order valence-electron chi connectivity index (χ0n) is 14.9. The number of carbonyl (C=O) groups excluding carboxylic acids is 1. The Hall–Kier alpha value is -3.33. The van der Waals surface area contributed by atoms with Crippen LogP contribution < -0.4 is 10.1 Å². The summed E-state index contributed by atoms with van der Waals surface area (Å²) >= 11 is 0. The topological polar surface area (TPSA) is 91.2 Å². The number of benzene rings is 1. The van der Waals surface area contributed by atoms with Crippen LogP contribution >= 0.6 is 0 Å². The third kappa shape index (κ3) is 4.15. The van der Waals surface area contributed by atoms with E-state index in [-0.39, 0.29) is 24.4 Å². The number of amides is 1. The van der Waals surface area contributed by atoms with Crippen molar-refractivity contribution < 1.29 is 18.7 Å². The Kier molecular flexibility index (Phi) is 5.24. The van der Waals surface area contributed by atoms with Gasteiger partial charge in [-0.25, -0.2) is 9.37 Å². The van der Waals surface area contributed by atoms with Crippen molar-refractivity contribution in [1.82, 2.24) is 25.1 Å². The first kappa shape index (κ1) is 18.1. The van der Waals surface area contributed by atoms with Crippen LogP contribution in [0.5, 0.6) is 5.88 Å². The smallest absolute Gasteiger partial charge is 0.253 e. The molecule has 3 aromatic rings. The van der Waals surface area contributed by atoms with E-state index >= 15 is 0 Å². The minimum Gasteiger partial charge on any atom is -0.472 e. The van der Waals surface area contributed by atoms with Crippen molar-refractivity contribution in [2.24, 2.45) is 0 Å². The Balaban J connectivity index is 1.37. The molecule has 1 fully saturated rings. The highest BCUT2D eigenvalue weighted by molar-refractivity contribution is 5.93. The molecule has 1 amide bonds. The molecule has 0 radical (unpaired) electrons. The highest BCUT2D eigenvalue weighted by Crippen LogP contribution is 2.15. The number of nitrogens with one attached hydrogen (secondary N) is 1. The van der Waals surface area contributed by atoms with E-state index in [1.165, 1.54) is 24.7 Å². The summed E-state index contributed by atoms with van der Waals surface area (Å²) in [5.41, 5.74) is 1.11. The monoisotopic (exact) mass is 383 g/mol. The zero-order valence-corrected chi connectivity index (χ0v) is 14.9. The Labute approximate surface area is 160 Å². The molecule has 9 heteroatoms. The Morgan fingerprint density at radius 2 is 2.14 bits per heavy atom.